The van der Waals surface area contributed by atoms with Crippen molar-refractivity contribution in [2.45, 2.75) is 19.9 Å². The molecular formula is C14H18N4O. The standard InChI is InChI=1S/C14H18N4O/c1-2-15-10-11-4-3-5-12(8-11)17-14(19)9-13-6-7-16-18-13/h3-8,15H,2,9-10H2,1H3,(H,16,18)(H,17,19). The van der Waals surface area contributed by atoms with Crippen molar-refractivity contribution in [3.05, 3.63) is 47.8 Å². The summed E-state index contributed by atoms with van der Waals surface area (Å²) in [5.41, 5.74) is 2.78. The Morgan fingerprint density at radius 2 is 2.26 bits per heavy atom. The number of carbonyl (C=O) groups excluding carboxylic acids is 1. The summed E-state index contributed by atoms with van der Waals surface area (Å²) in [6.07, 6.45) is 1.94. The van der Waals surface area contributed by atoms with E-state index in [1.165, 1.54) is 0 Å². The second-order valence-electron chi connectivity index (χ2n) is 4.29. The molecule has 19 heavy (non-hydrogen) atoms. The van der Waals surface area contributed by atoms with E-state index in [1.54, 1.807) is 12.3 Å². The zero-order chi connectivity index (χ0) is 13.5. The van der Waals surface area contributed by atoms with Gasteiger partial charge in [0.2, 0.25) is 5.91 Å². The van der Waals surface area contributed by atoms with Gasteiger partial charge in [0.25, 0.3) is 0 Å². The van der Waals surface area contributed by atoms with Gasteiger partial charge in [-0.15, -0.1) is 0 Å². The zero-order valence-electron chi connectivity index (χ0n) is 10.9. The number of hydrogen-bond acceptors (Lipinski definition) is 3. The first kappa shape index (κ1) is 13.3. The van der Waals surface area contributed by atoms with Gasteiger partial charge in [-0.05, 0) is 30.3 Å². The monoisotopic (exact) mass is 258 g/mol. The van der Waals surface area contributed by atoms with Crippen LogP contribution in [0.15, 0.2) is 36.5 Å². The molecule has 0 bridgehead atoms. The van der Waals surface area contributed by atoms with Crippen LogP contribution in [0.5, 0.6) is 0 Å². The van der Waals surface area contributed by atoms with Gasteiger partial charge in [-0.3, -0.25) is 9.89 Å². The normalized spacial score (nSPS) is 10.4. The number of nitrogens with one attached hydrogen (secondary N) is 3. The molecule has 100 valence electrons. The fraction of sp³-hybridized carbons (Fsp3) is 0.286. The van der Waals surface area contributed by atoms with Gasteiger partial charge in [-0.2, -0.15) is 5.10 Å². The fourth-order valence-electron chi connectivity index (χ4n) is 1.79. The van der Waals surface area contributed by atoms with E-state index in [4.69, 9.17) is 0 Å². The van der Waals surface area contributed by atoms with Gasteiger partial charge in [0.1, 0.15) is 0 Å². The highest BCUT2D eigenvalue weighted by Gasteiger charge is 2.05. The fourth-order valence-corrected chi connectivity index (χ4v) is 1.79. The number of carbonyl (C=O) groups is 1. The minimum atomic E-state index is -0.0511. The average molecular weight is 258 g/mol. The van der Waals surface area contributed by atoms with E-state index in [-0.39, 0.29) is 5.91 Å². The van der Waals surface area contributed by atoms with E-state index in [1.807, 2.05) is 24.3 Å². The van der Waals surface area contributed by atoms with Crippen LogP contribution in [-0.4, -0.2) is 22.6 Å². The number of rotatable bonds is 6. The maximum atomic E-state index is 11.8. The lowest BCUT2D eigenvalue weighted by Gasteiger charge is -2.07. The predicted molar refractivity (Wildman–Crippen MR) is 74.7 cm³/mol. The molecule has 1 heterocycles. The van der Waals surface area contributed by atoms with Crippen molar-refractivity contribution in [2.75, 3.05) is 11.9 Å². The van der Waals surface area contributed by atoms with Crippen molar-refractivity contribution in [1.82, 2.24) is 15.5 Å². The highest BCUT2D eigenvalue weighted by molar-refractivity contribution is 5.92. The Bertz CT molecular complexity index is 522. The Kier molecular flexibility index (Phi) is 4.69. The number of anilines is 1. The molecule has 0 radical (unpaired) electrons. The van der Waals surface area contributed by atoms with Crippen LogP contribution >= 0.6 is 0 Å². The number of benzene rings is 1. The van der Waals surface area contributed by atoms with Crippen molar-refractivity contribution in [1.29, 1.82) is 0 Å². The Balaban J connectivity index is 1.92. The second-order valence-corrected chi connectivity index (χ2v) is 4.29. The molecule has 2 rings (SSSR count). The third kappa shape index (κ3) is 4.22. The second kappa shape index (κ2) is 6.70. The van der Waals surface area contributed by atoms with E-state index in [0.717, 1.165) is 30.0 Å². The van der Waals surface area contributed by atoms with Crippen molar-refractivity contribution in [3.63, 3.8) is 0 Å². The molecule has 0 aliphatic carbocycles. The van der Waals surface area contributed by atoms with E-state index in [9.17, 15) is 4.79 Å². The van der Waals surface area contributed by atoms with Gasteiger partial charge in [-0.1, -0.05) is 19.1 Å². The summed E-state index contributed by atoms with van der Waals surface area (Å²) in [6.45, 7) is 3.80. The van der Waals surface area contributed by atoms with Crippen molar-refractivity contribution < 1.29 is 4.79 Å². The quantitative estimate of drug-likeness (QED) is 0.738. The first-order valence-corrected chi connectivity index (χ1v) is 6.35. The summed E-state index contributed by atoms with van der Waals surface area (Å²) >= 11 is 0. The number of hydrogen-bond donors (Lipinski definition) is 3. The molecule has 5 nitrogen and oxygen atoms in total. The molecule has 5 heteroatoms. The molecular weight excluding hydrogens is 240 g/mol. The Hall–Kier alpha value is -2.14. The molecule has 1 aromatic heterocycles. The molecule has 1 amide bonds. The minimum absolute atomic E-state index is 0.0511. The Labute approximate surface area is 112 Å². The van der Waals surface area contributed by atoms with Crippen LogP contribution in [0, 0.1) is 0 Å². The molecule has 0 spiro atoms. The molecule has 3 N–H and O–H groups in total. The van der Waals surface area contributed by atoms with E-state index in [2.05, 4.69) is 27.8 Å². The third-order valence-electron chi connectivity index (χ3n) is 2.70. The molecule has 0 atom stereocenters. The highest BCUT2D eigenvalue weighted by atomic mass is 16.1. The summed E-state index contributed by atoms with van der Waals surface area (Å²) < 4.78 is 0. The third-order valence-corrected chi connectivity index (χ3v) is 2.70. The minimum Gasteiger partial charge on any atom is -0.326 e. The number of H-pyrrole nitrogens is 1. The maximum Gasteiger partial charge on any atom is 0.230 e. The van der Waals surface area contributed by atoms with Gasteiger partial charge >= 0.3 is 0 Å². The van der Waals surface area contributed by atoms with Crippen LogP contribution in [0.3, 0.4) is 0 Å². The molecule has 0 aliphatic heterocycles. The number of amides is 1. The topological polar surface area (TPSA) is 69.8 Å². The number of aromatic amines is 1. The van der Waals surface area contributed by atoms with Crippen LogP contribution in [0.1, 0.15) is 18.2 Å². The Morgan fingerprint density at radius 1 is 1.37 bits per heavy atom. The lowest BCUT2D eigenvalue weighted by atomic mass is 10.2. The van der Waals surface area contributed by atoms with Crippen LogP contribution in [0.2, 0.25) is 0 Å². The zero-order valence-corrected chi connectivity index (χ0v) is 10.9. The summed E-state index contributed by atoms with van der Waals surface area (Å²) in [5, 5.41) is 12.7. The summed E-state index contributed by atoms with van der Waals surface area (Å²) in [6, 6.07) is 9.64. The van der Waals surface area contributed by atoms with Gasteiger partial charge in [0.05, 0.1) is 6.42 Å². The van der Waals surface area contributed by atoms with Crippen molar-refractivity contribution in [2.24, 2.45) is 0 Å². The first-order valence-electron chi connectivity index (χ1n) is 6.35. The van der Waals surface area contributed by atoms with E-state index >= 15 is 0 Å². The van der Waals surface area contributed by atoms with Gasteiger partial charge in [0, 0.05) is 24.1 Å². The first-order chi connectivity index (χ1) is 9.28. The van der Waals surface area contributed by atoms with Crippen LogP contribution in [0.25, 0.3) is 0 Å². The van der Waals surface area contributed by atoms with E-state index < -0.39 is 0 Å². The summed E-state index contributed by atoms with van der Waals surface area (Å²) in [5.74, 6) is -0.0511. The average Bonchev–Trinajstić information content (AvgIpc) is 2.89. The molecule has 2 aromatic rings. The van der Waals surface area contributed by atoms with E-state index in [0.29, 0.717) is 6.42 Å². The molecule has 0 saturated carbocycles. The SMILES string of the molecule is CCNCc1cccc(NC(=O)Cc2ccn[nH]2)c1. The Morgan fingerprint density at radius 3 is 3.00 bits per heavy atom. The molecule has 0 fully saturated rings. The number of aromatic nitrogens is 2. The molecule has 0 saturated heterocycles. The van der Waals surface area contributed by atoms with Crippen LogP contribution in [0.4, 0.5) is 5.69 Å². The van der Waals surface area contributed by atoms with Gasteiger partial charge in [0.15, 0.2) is 0 Å². The highest BCUT2D eigenvalue weighted by Crippen LogP contribution is 2.11. The van der Waals surface area contributed by atoms with Gasteiger partial charge < -0.3 is 10.6 Å². The van der Waals surface area contributed by atoms with Crippen LogP contribution < -0.4 is 10.6 Å². The lowest BCUT2D eigenvalue weighted by Crippen LogP contribution is -2.15. The van der Waals surface area contributed by atoms with Crippen LogP contribution in [-0.2, 0) is 17.8 Å². The van der Waals surface area contributed by atoms with Crippen molar-refractivity contribution >= 4 is 11.6 Å². The smallest absolute Gasteiger partial charge is 0.230 e. The summed E-state index contributed by atoms with van der Waals surface area (Å²) in [4.78, 5) is 11.8. The molecule has 1 aromatic carbocycles. The van der Waals surface area contributed by atoms with Gasteiger partial charge in [-0.25, -0.2) is 0 Å². The maximum absolute atomic E-state index is 11.8. The summed E-state index contributed by atoms with van der Waals surface area (Å²) in [7, 11) is 0. The predicted octanol–water partition coefficient (Wildman–Crippen LogP) is 1.70. The largest absolute Gasteiger partial charge is 0.326 e. The van der Waals surface area contributed by atoms with Crippen molar-refractivity contribution in [3.8, 4) is 0 Å². The number of nitrogens with zero attached hydrogens (tertiary/aromatic N) is 1. The lowest BCUT2D eigenvalue weighted by molar-refractivity contribution is -0.115. The molecule has 0 unspecified atom stereocenters. The molecule has 0 aliphatic rings.